The largest absolute Gasteiger partial charge is 0.487 e. The molecule has 0 spiro atoms. The lowest BCUT2D eigenvalue weighted by atomic mass is 10.1. The molecule has 160 valence electrons. The summed E-state index contributed by atoms with van der Waals surface area (Å²) in [5.74, 6) is 0.243. The highest BCUT2D eigenvalue weighted by molar-refractivity contribution is 5.96. The van der Waals surface area contributed by atoms with Gasteiger partial charge in [0.15, 0.2) is 0 Å². The minimum Gasteiger partial charge on any atom is -0.487 e. The fraction of sp³-hybridized carbons (Fsp3) is 0.200. The number of hydrogen-bond acceptors (Lipinski definition) is 4. The third-order valence-electron chi connectivity index (χ3n) is 4.40. The van der Waals surface area contributed by atoms with Gasteiger partial charge in [0.2, 0.25) is 5.91 Å². The second kappa shape index (κ2) is 10.8. The second-order valence-corrected chi connectivity index (χ2v) is 7.38. The van der Waals surface area contributed by atoms with Crippen molar-refractivity contribution in [1.82, 2.24) is 5.32 Å². The van der Waals surface area contributed by atoms with Crippen LogP contribution < -0.4 is 20.7 Å². The van der Waals surface area contributed by atoms with E-state index in [1.165, 1.54) is 0 Å². The first-order valence-corrected chi connectivity index (χ1v) is 10.2. The number of rotatable bonds is 9. The summed E-state index contributed by atoms with van der Waals surface area (Å²) in [5.41, 5.74) is 2.89. The molecule has 2 amide bonds. The van der Waals surface area contributed by atoms with E-state index in [0.717, 1.165) is 5.56 Å². The fourth-order valence-corrected chi connectivity index (χ4v) is 2.92. The number of amides is 2. The number of hydrogen-bond donors (Lipinski definition) is 3. The van der Waals surface area contributed by atoms with E-state index in [4.69, 9.17) is 4.74 Å². The highest BCUT2D eigenvalue weighted by Crippen LogP contribution is 2.24. The molecule has 0 unspecified atom stereocenters. The standard InChI is InChI=1S/C25H27N3O3/c1-18(2)27-25(30)20-11-8-12-21(15-20)26-16-24(29)28-22-13-6-7-14-23(22)31-17-19-9-4-3-5-10-19/h3-15,18,26H,16-17H2,1-2H3,(H,27,30)(H,28,29). The number of nitrogens with one attached hydrogen (secondary N) is 3. The van der Waals surface area contributed by atoms with E-state index in [-0.39, 0.29) is 24.4 Å². The minimum absolute atomic E-state index is 0.0547. The van der Waals surface area contributed by atoms with Crippen molar-refractivity contribution in [2.24, 2.45) is 0 Å². The molecule has 3 aromatic rings. The van der Waals surface area contributed by atoms with Crippen molar-refractivity contribution in [2.75, 3.05) is 17.2 Å². The van der Waals surface area contributed by atoms with Crippen molar-refractivity contribution >= 4 is 23.2 Å². The Bertz CT molecular complexity index is 1020. The van der Waals surface area contributed by atoms with Crippen LogP contribution in [0.2, 0.25) is 0 Å². The zero-order valence-corrected chi connectivity index (χ0v) is 17.7. The number of para-hydroxylation sites is 2. The van der Waals surface area contributed by atoms with E-state index in [1.54, 1.807) is 24.3 Å². The molecule has 0 radical (unpaired) electrons. The normalized spacial score (nSPS) is 10.4. The maximum absolute atomic E-state index is 12.5. The molecule has 0 bridgehead atoms. The van der Waals surface area contributed by atoms with Gasteiger partial charge < -0.3 is 20.7 Å². The molecule has 0 atom stereocenters. The van der Waals surface area contributed by atoms with Gasteiger partial charge in [0.1, 0.15) is 12.4 Å². The summed E-state index contributed by atoms with van der Waals surface area (Å²) in [6.45, 7) is 4.29. The van der Waals surface area contributed by atoms with Crippen molar-refractivity contribution in [3.05, 3.63) is 90.0 Å². The van der Waals surface area contributed by atoms with Crippen molar-refractivity contribution < 1.29 is 14.3 Å². The molecule has 3 aromatic carbocycles. The molecular formula is C25H27N3O3. The Morgan fingerprint density at radius 2 is 1.65 bits per heavy atom. The molecule has 3 rings (SSSR count). The van der Waals surface area contributed by atoms with Gasteiger partial charge in [-0.2, -0.15) is 0 Å². The van der Waals surface area contributed by atoms with Crippen LogP contribution in [0.4, 0.5) is 11.4 Å². The van der Waals surface area contributed by atoms with Crippen LogP contribution in [0.25, 0.3) is 0 Å². The summed E-state index contributed by atoms with van der Waals surface area (Å²) >= 11 is 0. The molecule has 0 aromatic heterocycles. The van der Waals surface area contributed by atoms with Gasteiger partial charge in [-0.15, -0.1) is 0 Å². The average molecular weight is 418 g/mol. The molecule has 6 nitrogen and oxygen atoms in total. The number of carbonyl (C=O) groups is 2. The van der Waals surface area contributed by atoms with Gasteiger partial charge in [0.25, 0.3) is 5.91 Å². The monoisotopic (exact) mass is 417 g/mol. The fourth-order valence-electron chi connectivity index (χ4n) is 2.92. The first kappa shape index (κ1) is 21.9. The molecule has 0 aliphatic carbocycles. The zero-order valence-electron chi connectivity index (χ0n) is 17.7. The number of ether oxygens (including phenoxy) is 1. The molecule has 0 aliphatic rings. The van der Waals surface area contributed by atoms with Crippen LogP contribution in [0, 0.1) is 0 Å². The predicted molar refractivity (Wildman–Crippen MR) is 123 cm³/mol. The lowest BCUT2D eigenvalue weighted by Gasteiger charge is -2.13. The molecule has 0 saturated heterocycles. The first-order chi connectivity index (χ1) is 15.0. The van der Waals surface area contributed by atoms with Crippen LogP contribution in [0.5, 0.6) is 5.75 Å². The van der Waals surface area contributed by atoms with Gasteiger partial charge >= 0.3 is 0 Å². The van der Waals surface area contributed by atoms with E-state index >= 15 is 0 Å². The number of anilines is 2. The van der Waals surface area contributed by atoms with Crippen molar-refractivity contribution in [3.63, 3.8) is 0 Å². The average Bonchev–Trinajstić information content (AvgIpc) is 2.77. The highest BCUT2D eigenvalue weighted by Gasteiger charge is 2.10. The molecule has 6 heteroatoms. The number of benzene rings is 3. The van der Waals surface area contributed by atoms with E-state index in [2.05, 4.69) is 16.0 Å². The van der Waals surface area contributed by atoms with Gasteiger partial charge in [-0.25, -0.2) is 0 Å². The number of carbonyl (C=O) groups excluding carboxylic acids is 2. The third-order valence-corrected chi connectivity index (χ3v) is 4.40. The maximum atomic E-state index is 12.5. The summed E-state index contributed by atoms with van der Waals surface area (Å²) < 4.78 is 5.88. The lowest BCUT2D eigenvalue weighted by molar-refractivity contribution is -0.114. The van der Waals surface area contributed by atoms with Crippen molar-refractivity contribution in [1.29, 1.82) is 0 Å². The third kappa shape index (κ3) is 6.89. The molecule has 0 aliphatic heterocycles. The summed E-state index contributed by atoms with van der Waals surface area (Å²) in [6, 6.07) is 24.3. The Morgan fingerprint density at radius 3 is 2.42 bits per heavy atom. The van der Waals surface area contributed by atoms with Crippen LogP contribution in [0.1, 0.15) is 29.8 Å². The van der Waals surface area contributed by atoms with Crippen LogP contribution >= 0.6 is 0 Å². The Balaban J connectivity index is 1.56. The van der Waals surface area contributed by atoms with E-state index in [9.17, 15) is 9.59 Å². The van der Waals surface area contributed by atoms with Crippen LogP contribution in [-0.2, 0) is 11.4 Å². The van der Waals surface area contributed by atoms with Crippen LogP contribution in [0.3, 0.4) is 0 Å². The molecule has 0 heterocycles. The van der Waals surface area contributed by atoms with E-state index in [1.807, 2.05) is 68.4 Å². The minimum atomic E-state index is -0.215. The summed E-state index contributed by atoms with van der Waals surface area (Å²) in [6.07, 6.45) is 0. The van der Waals surface area contributed by atoms with Gasteiger partial charge in [-0.1, -0.05) is 48.5 Å². The Hall–Kier alpha value is -3.80. The SMILES string of the molecule is CC(C)NC(=O)c1cccc(NCC(=O)Nc2ccccc2OCc2ccccc2)c1. The van der Waals surface area contributed by atoms with Gasteiger partial charge in [-0.05, 0) is 49.7 Å². The predicted octanol–water partition coefficient (Wildman–Crippen LogP) is 4.45. The molecule has 3 N–H and O–H groups in total. The smallest absolute Gasteiger partial charge is 0.251 e. The van der Waals surface area contributed by atoms with E-state index in [0.29, 0.717) is 29.3 Å². The zero-order chi connectivity index (χ0) is 22.1. The molecular weight excluding hydrogens is 390 g/mol. The molecule has 0 saturated carbocycles. The Morgan fingerprint density at radius 1 is 0.903 bits per heavy atom. The second-order valence-electron chi connectivity index (χ2n) is 7.38. The summed E-state index contributed by atoms with van der Waals surface area (Å²) in [7, 11) is 0. The lowest BCUT2D eigenvalue weighted by Crippen LogP contribution is -2.30. The van der Waals surface area contributed by atoms with Crippen molar-refractivity contribution in [2.45, 2.75) is 26.5 Å². The van der Waals surface area contributed by atoms with Crippen molar-refractivity contribution in [3.8, 4) is 5.75 Å². The summed E-state index contributed by atoms with van der Waals surface area (Å²) in [4.78, 5) is 24.6. The van der Waals surface area contributed by atoms with Gasteiger partial charge in [-0.3, -0.25) is 9.59 Å². The molecule has 0 fully saturated rings. The first-order valence-electron chi connectivity index (χ1n) is 10.2. The Kier molecular flexibility index (Phi) is 7.65. The maximum Gasteiger partial charge on any atom is 0.251 e. The van der Waals surface area contributed by atoms with Crippen LogP contribution in [-0.4, -0.2) is 24.4 Å². The summed E-state index contributed by atoms with van der Waals surface area (Å²) in [5, 5.41) is 8.79. The Labute approximate surface area is 182 Å². The van der Waals surface area contributed by atoms with Crippen LogP contribution in [0.15, 0.2) is 78.9 Å². The van der Waals surface area contributed by atoms with Gasteiger partial charge in [0, 0.05) is 17.3 Å². The molecule has 31 heavy (non-hydrogen) atoms. The highest BCUT2D eigenvalue weighted by atomic mass is 16.5. The quantitative estimate of drug-likeness (QED) is 0.480. The van der Waals surface area contributed by atoms with Gasteiger partial charge in [0.05, 0.1) is 12.2 Å². The van der Waals surface area contributed by atoms with E-state index < -0.39 is 0 Å². The topological polar surface area (TPSA) is 79.5 Å².